The van der Waals surface area contributed by atoms with Crippen molar-refractivity contribution in [1.29, 1.82) is 0 Å². The molecule has 1 atom stereocenters. The molecule has 1 aliphatic heterocycles. The van der Waals surface area contributed by atoms with Gasteiger partial charge in [0.15, 0.2) is 0 Å². The standard InChI is InChI=1S/C21H26N4O/c1-16-20(25-10-4-3-8-21(25)23-16)14-22-13-17-9-11-24(15-17)18-6-5-7-19(12-18)26-2/h3-8,10,12,17,22H,9,11,13-15H2,1-2H3/t17-/m1/s1. The van der Waals surface area contributed by atoms with Crippen LogP contribution < -0.4 is 15.0 Å². The molecule has 0 radical (unpaired) electrons. The first-order chi connectivity index (χ1) is 12.7. The molecule has 1 aromatic carbocycles. The van der Waals surface area contributed by atoms with E-state index >= 15 is 0 Å². The number of aromatic nitrogens is 2. The lowest BCUT2D eigenvalue weighted by Gasteiger charge is -2.19. The number of hydrogen-bond acceptors (Lipinski definition) is 4. The molecule has 4 rings (SSSR count). The minimum absolute atomic E-state index is 0.667. The van der Waals surface area contributed by atoms with Crippen LogP contribution in [0.3, 0.4) is 0 Å². The van der Waals surface area contributed by atoms with Gasteiger partial charge in [-0.2, -0.15) is 0 Å². The van der Waals surface area contributed by atoms with Crippen LogP contribution in [0.15, 0.2) is 48.7 Å². The second-order valence-electron chi connectivity index (χ2n) is 7.01. The zero-order valence-corrected chi connectivity index (χ0v) is 15.5. The molecule has 26 heavy (non-hydrogen) atoms. The number of fused-ring (bicyclic) bond motifs is 1. The van der Waals surface area contributed by atoms with Gasteiger partial charge < -0.3 is 19.4 Å². The van der Waals surface area contributed by atoms with E-state index in [1.165, 1.54) is 17.8 Å². The van der Waals surface area contributed by atoms with Crippen LogP contribution in [-0.2, 0) is 6.54 Å². The number of methoxy groups -OCH3 is 1. The monoisotopic (exact) mass is 350 g/mol. The first-order valence-electron chi connectivity index (χ1n) is 9.27. The van der Waals surface area contributed by atoms with Crippen LogP contribution in [0.25, 0.3) is 5.65 Å². The number of nitrogens with zero attached hydrogens (tertiary/aromatic N) is 3. The molecule has 0 saturated carbocycles. The molecule has 1 N–H and O–H groups in total. The molecule has 0 amide bonds. The highest BCUT2D eigenvalue weighted by molar-refractivity contribution is 5.51. The van der Waals surface area contributed by atoms with Gasteiger partial charge in [0, 0.05) is 44.1 Å². The second kappa shape index (κ2) is 7.38. The van der Waals surface area contributed by atoms with Crippen molar-refractivity contribution in [3.05, 3.63) is 60.0 Å². The molecule has 1 aliphatic rings. The van der Waals surface area contributed by atoms with Gasteiger partial charge in [-0.1, -0.05) is 12.1 Å². The normalized spacial score (nSPS) is 17.2. The Hall–Kier alpha value is -2.53. The first-order valence-corrected chi connectivity index (χ1v) is 9.27. The minimum Gasteiger partial charge on any atom is -0.497 e. The lowest BCUT2D eigenvalue weighted by Crippen LogP contribution is -2.26. The van der Waals surface area contributed by atoms with Crippen molar-refractivity contribution in [1.82, 2.24) is 14.7 Å². The van der Waals surface area contributed by atoms with Crippen molar-refractivity contribution in [3.8, 4) is 5.75 Å². The number of nitrogens with one attached hydrogen (secondary N) is 1. The predicted octanol–water partition coefficient (Wildman–Crippen LogP) is 3.27. The molecule has 5 heteroatoms. The van der Waals surface area contributed by atoms with Crippen molar-refractivity contribution >= 4 is 11.3 Å². The number of anilines is 1. The van der Waals surface area contributed by atoms with E-state index in [1.807, 2.05) is 12.1 Å². The fraction of sp³-hybridized carbons (Fsp3) is 0.381. The first kappa shape index (κ1) is 16.9. The summed E-state index contributed by atoms with van der Waals surface area (Å²) in [7, 11) is 1.72. The van der Waals surface area contributed by atoms with Gasteiger partial charge in [-0.3, -0.25) is 0 Å². The summed E-state index contributed by atoms with van der Waals surface area (Å²) in [6, 6.07) is 14.5. The van der Waals surface area contributed by atoms with E-state index in [9.17, 15) is 0 Å². The van der Waals surface area contributed by atoms with E-state index in [0.29, 0.717) is 5.92 Å². The van der Waals surface area contributed by atoms with Gasteiger partial charge in [0.25, 0.3) is 0 Å². The van der Waals surface area contributed by atoms with Gasteiger partial charge >= 0.3 is 0 Å². The number of pyridine rings is 1. The third-order valence-corrected chi connectivity index (χ3v) is 5.26. The van der Waals surface area contributed by atoms with Crippen molar-refractivity contribution in [2.24, 2.45) is 5.92 Å². The molecule has 1 saturated heterocycles. The summed E-state index contributed by atoms with van der Waals surface area (Å²) >= 11 is 0. The highest BCUT2D eigenvalue weighted by Gasteiger charge is 2.22. The summed E-state index contributed by atoms with van der Waals surface area (Å²) in [5, 5.41) is 3.65. The summed E-state index contributed by atoms with van der Waals surface area (Å²) < 4.78 is 7.53. The maximum Gasteiger partial charge on any atom is 0.137 e. The van der Waals surface area contributed by atoms with Gasteiger partial charge in [0.05, 0.1) is 18.5 Å². The Kier molecular flexibility index (Phi) is 4.80. The van der Waals surface area contributed by atoms with Crippen molar-refractivity contribution < 1.29 is 4.74 Å². The highest BCUT2D eigenvalue weighted by atomic mass is 16.5. The Morgan fingerprint density at radius 3 is 3.04 bits per heavy atom. The van der Waals surface area contributed by atoms with Gasteiger partial charge in [-0.15, -0.1) is 0 Å². The van der Waals surface area contributed by atoms with E-state index in [0.717, 1.165) is 43.3 Å². The summed E-state index contributed by atoms with van der Waals surface area (Å²) in [6.45, 7) is 6.16. The third kappa shape index (κ3) is 3.40. The van der Waals surface area contributed by atoms with Gasteiger partial charge in [-0.25, -0.2) is 4.98 Å². The molecule has 136 valence electrons. The number of imidazole rings is 1. The van der Waals surface area contributed by atoms with E-state index in [2.05, 4.69) is 63.1 Å². The number of ether oxygens (including phenoxy) is 1. The van der Waals surface area contributed by atoms with E-state index < -0.39 is 0 Å². The molecule has 3 aromatic rings. The third-order valence-electron chi connectivity index (χ3n) is 5.26. The van der Waals surface area contributed by atoms with Crippen LogP contribution >= 0.6 is 0 Å². The number of hydrogen-bond donors (Lipinski definition) is 1. The van der Waals surface area contributed by atoms with E-state index in [4.69, 9.17) is 4.74 Å². The fourth-order valence-electron chi connectivity index (χ4n) is 3.81. The summed E-state index contributed by atoms with van der Waals surface area (Å²) in [5.74, 6) is 1.59. The molecule has 3 heterocycles. The predicted molar refractivity (Wildman–Crippen MR) is 105 cm³/mol. The molecule has 2 aromatic heterocycles. The molecule has 0 bridgehead atoms. The summed E-state index contributed by atoms with van der Waals surface area (Å²) in [4.78, 5) is 7.09. The largest absolute Gasteiger partial charge is 0.497 e. The molecule has 0 aliphatic carbocycles. The van der Waals surface area contributed by atoms with Crippen LogP contribution in [0, 0.1) is 12.8 Å². The number of aryl methyl sites for hydroxylation is 1. The quantitative estimate of drug-likeness (QED) is 0.741. The Morgan fingerprint density at radius 1 is 1.23 bits per heavy atom. The average molecular weight is 350 g/mol. The molecule has 0 unspecified atom stereocenters. The second-order valence-corrected chi connectivity index (χ2v) is 7.01. The highest BCUT2D eigenvalue weighted by Crippen LogP contribution is 2.26. The lowest BCUT2D eigenvalue weighted by atomic mass is 10.1. The van der Waals surface area contributed by atoms with Gasteiger partial charge in [-0.05, 0) is 43.5 Å². The van der Waals surface area contributed by atoms with Crippen molar-refractivity contribution in [2.75, 3.05) is 31.6 Å². The average Bonchev–Trinajstić information content (AvgIpc) is 3.27. The van der Waals surface area contributed by atoms with Crippen molar-refractivity contribution in [2.45, 2.75) is 19.9 Å². The molecule has 1 fully saturated rings. The fourth-order valence-corrected chi connectivity index (χ4v) is 3.81. The van der Waals surface area contributed by atoms with Crippen molar-refractivity contribution in [3.63, 3.8) is 0 Å². The lowest BCUT2D eigenvalue weighted by molar-refractivity contribution is 0.415. The molecular weight excluding hydrogens is 324 g/mol. The zero-order valence-electron chi connectivity index (χ0n) is 15.5. The summed E-state index contributed by atoms with van der Waals surface area (Å²) in [5.41, 5.74) is 4.63. The van der Waals surface area contributed by atoms with Crippen LogP contribution in [0.4, 0.5) is 5.69 Å². The van der Waals surface area contributed by atoms with Gasteiger partial charge in [0.1, 0.15) is 11.4 Å². The van der Waals surface area contributed by atoms with Gasteiger partial charge in [0.2, 0.25) is 0 Å². The molecule has 0 spiro atoms. The van der Waals surface area contributed by atoms with Crippen LogP contribution in [0.1, 0.15) is 17.8 Å². The Balaban J connectivity index is 1.34. The minimum atomic E-state index is 0.667. The topological polar surface area (TPSA) is 41.8 Å². The van der Waals surface area contributed by atoms with E-state index in [-0.39, 0.29) is 0 Å². The Bertz CT molecular complexity index is 889. The van der Waals surface area contributed by atoms with Crippen LogP contribution in [0.2, 0.25) is 0 Å². The van der Waals surface area contributed by atoms with Crippen LogP contribution in [-0.4, -0.2) is 36.1 Å². The maximum atomic E-state index is 5.35. The SMILES string of the molecule is COc1cccc(N2CC[C@H](CNCc3c(C)nc4ccccn34)C2)c1. The summed E-state index contributed by atoms with van der Waals surface area (Å²) in [6.07, 6.45) is 3.31. The molecule has 5 nitrogen and oxygen atoms in total. The smallest absolute Gasteiger partial charge is 0.137 e. The molecular formula is C21H26N4O. The number of rotatable bonds is 6. The van der Waals surface area contributed by atoms with Crippen LogP contribution in [0.5, 0.6) is 5.75 Å². The number of benzene rings is 1. The maximum absolute atomic E-state index is 5.35. The van der Waals surface area contributed by atoms with E-state index in [1.54, 1.807) is 7.11 Å². The Labute approximate surface area is 154 Å². The Morgan fingerprint density at radius 2 is 2.15 bits per heavy atom. The zero-order chi connectivity index (χ0) is 17.9.